The number of carbonyl (C=O) groups is 1. The van der Waals surface area contributed by atoms with Crippen LogP contribution in [0.15, 0.2) is 42.5 Å². The van der Waals surface area contributed by atoms with Crippen molar-refractivity contribution < 1.29 is 19.0 Å². The summed E-state index contributed by atoms with van der Waals surface area (Å²) >= 11 is 0. The Morgan fingerprint density at radius 3 is 2.58 bits per heavy atom. The Balaban J connectivity index is 1.78. The number of nitrogens with zero attached hydrogens (tertiary/aromatic N) is 1. The maximum atomic E-state index is 13.2. The normalized spacial score (nSPS) is 13.8. The van der Waals surface area contributed by atoms with E-state index in [2.05, 4.69) is 6.92 Å². The SMILES string of the molecule is CCN(C(=O)c1cccc2c1OCCO2)C(C)Cc1ccc(OC)cc1. The van der Waals surface area contributed by atoms with Crippen LogP contribution in [0.4, 0.5) is 0 Å². The predicted octanol–water partition coefficient (Wildman–Crippen LogP) is 3.56. The molecule has 0 bridgehead atoms. The molecule has 5 nitrogen and oxygen atoms in total. The van der Waals surface area contributed by atoms with E-state index in [4.69, 9.17) is 14.2 Å². The summed E-state index contributed by atoms with van der Waals surface area (Å²) in [6.45, 7) is 5.66. The van der Waals surface area contributed by atoms with Crippen molar-refractivity contribution in [2.24, 2.45) is 0 Å². The van der Waals surface area contributed by atoms with Gasteiger partial charge >= 0.3 is 0 Å². The number of amides is 1. The van der Waals surface area contributed by atoms with E-state index in [1.165, 1.54) is 5.56 Å². The van der Waals surface area contributed by atoms with E-state index in [9.17, 15) is 4.79 Å². The Labute approximate surface area is 154 Å². The molecule has 138 valence electrons. The summed E-state index contributed by atoms with van der Waals surface area (Å²) in [5.74, 6) is 1.99. The number of benzene rings is 2. The fraction of sp³-hybridized carbons (Fsp3) is 0.381. The number of methoxy groups -OCH3 is 1. The van der Waals surface area contributed by atoms with Gasteiger partial charge in [-0.25, -0.2) is 0 Å². The number of rotatable bonds is 6. The molecule has 0 spiro atoms. The zero-order valence-electron chi connectivity index (χ0n) is 15.5. The van der Waals surface area contributed by atoms with E-state index >= 15 is 0 Å². The highest BCUT2D eigenvalue weighted by Crippen LogP contribution is 2.34. The van der Waals surface area contributed by atoms with Gasteiger partial charge in [0, 0.05) is 12.6 Å². The molecule has 0 N–H and O–H groups in total. The highest BCUT2D eigenvalue weighted by atomic mass is 16.6. The molecule has 0 saturated heterocycles. The Kier molecular flexibility index (Phi) is 5.66. The van der Waals surface area contributed by atoms with Gasteiger partial charge in [-0.3, -0.25) is 4.79 Å². The fourth-order valence-corrected chi connectivity index (χ4v) is 3.27. The molecule has 0 fully saturated rings. The topological polar surface area (TPSA) is 48.0 Å². The van der Waals surface area contributed by atoms with E-state index in [1.807, 2.05) is 48.2 Å². The number of hydrogen-bond donors (Lipinski definition) is 0. The van der Waals surface area contributed by atoms with Crippen LogP contribution in [0, 0.1) is 0 Å². The third-order valence-electron chi connectivity index (χ3n) is 4.62. The van der Waals surface area contributed by atoms with E-state index in [0.29, 0.717) is 36.8 Å². The number of likely N-dealkylation sites (N-methyl/N-ethyl adjacent to an activating group) is 1. The van der Waals surface area contributed by atoms with Gasteiger partial charge in [-0.15, -0.1) is 0 Å². The minimum atomic E-state index is -0.0316. The van der Waals surface area contributed by atoms with E-state index in [-0.39, 0.29) is 11.9 Å². The maximum Gasteiger partial charge on any atom is 0.258 e. The Morgan fingerprint density at radius 1 is 1.15 bits per heavy atom. The summed E-state index contributed by atoms with van der Waals surface area (Å²) in [5.41, 5.74) is 1.73. The zero-order valence-corrected chi connectivity index (χ0v) is 15.5. The first-order valence-corrected chi connectivity index (χ1v) is 8.96. The Bertz CT molecular complexity index is 757. The lowest BCUT2D eigenvalue weighted by atomic mass is 10.0. The number of fused-ring (bicyclic) bond motifs is 1. The quantitative estimate of drug-likeness (QED) is 0.795. The standard InChI is InChI=1S/C21H25NO4/c1-4-22(15(2)14-16-8-10-17(24-3)11-9-16)21(23)18-6-5-7-19-20(18)26-13-12-25-19/h5-11,15H,4,12-14H2,1-3H3. The van der Waals surface area contributed by atoms with Crippen LogP contribution in [0.1, 0.15) is 29.8 Å². The summed E-state index contributed by atoms with van der Waals surface area (Å²) in [7, 11) is 1.65. The molecule has 2 aromatic carbocycles. The van der Waals surface area contributed by atoms with Crippen LogP contribution >= 0.6 is 0 Å². The number of carbonyl (C=O) groups excluding carboxylic acids is 1. The van der Waals surface area contributed by atoms with Gasteiger partial charge in [0.05, 0.1) is 12.7 Å². The predicted molar refractivity (Wildman–Crippen MR) is 100 cm³/mol. The molecule has 1 unspecified atom stereocenters. The van der Waals surface area contributed by atoms with Crippen LogP contribution in [0.2, 0.25) is 0 Å². The van der Waals surface area contributed by atoms with Crippen molar-refractivity contribution >= 4 is 5.91 Å². The van der Waals surface area contributed by atoms with Crippen LogP contribution < -0.4 is 14.2 Å². The van der Waals surface area contributed by atoms with Gasteiger partial charge in [0.2, 0.25) is 0 Å². The first kappa shape index (κ1) is 18.1. The molecule has 0 aromatic heterocycles. The molecular weight excluding hydrogens is 330 g/mol. The van der Waals surface area contributed by atoms with Gasteiger partial charge in [0.1, 0.15) is 19.0 Å². The largest absolute Gasteiger partial charge is 0.497 e. The number of para-hydroxylation sites is 1. The van der Waals surface area contributed by atoms with Crippen molar-refractivity contribution in [2.75, 3.05) is 26.9 Å². The minimum Gasteiger partial charge on any atom is -0.497 e. The lowest BCUT2D eigenvalue weighted by Gasteiger charge is -2.30. The lowest BCUT2D eigenvalue weighted by Crippen LogP contribution is -2.40. The molecule has 1 atom stereocenters. The van der Waals surface area contributed by atoms with Crippen LogP contribution in [0.5, 0.6) is 17.2 Å². The molecular formula is C21H25NO4. The third kappa shape index (κ3) is 3.77. The molecule has 3 rings (SSSR count). The summed E-state index contributed by atoms with van der Waals surface area (Å²) in [4.78, 5) is 15.0. The summed E-state index contributed by atoms with van der Waals surface area (Å²) in [6, 6.07) is 13.5. The van der Waals surface area contributed by atoms with Crippen LogP contribution in [0.3, 0.4) is 0 Å². The number of hydrogen-bond acceptors (Lipinski definition) is 4. The van der Waals surface area contributed by atoms with Crippen molar-refractivity contribution in [3.63, 3.8) is 0 Å². The highest BCUT2D eigenvalue weighted by Gasteiger charge is 2.26. The lowest BCUT2D eigenvalue weighted by molar-refractivity contribution is 0.0693. The smallest absolute Gasteiger partial charge is 0.258 e. The van der Waals surface area contributed by atoms with Crippen LogP contribution in [-0.2, 0) is 6.42 Å². The van der Waals surface area contributed by atoms with Crippen molar-refractivity contribution in [1.82, 2.24) is 4.90 Å². The van der Waals surface area contributed by atoms with Gasteiger partial charge in [-0.05, 0) is 50.1 Å². The minimum absolute atomic E-state index is 0.0316. The Hall–Kier alpha value is -2.69. The monoisotopic (exact) mass is 355 g/mol. The van der Waals surface area contributed by atoms with E-state index in [0.717, 1.165) is 12.2 Å². The summed E-state index contributed by atoms with van der Waals surface area (Å²) in [6.07, 6.45) is 0.774. The molecule has 1 aliphatic heterocycles. The van der Waals surface area contributed by atoms with Gasteiger partial charge in [0.25, 0.3) is 5.91 Å². The second-order valence-corrected chi connectivity index (χ2v) is 6.32. The molecule has 5 heteroatoms. The van der Waals surface area contributed by atoms with Crippen molar-refractivity contribution in [2.45, 2.75) is 26.3 Å². The van der Waals surface area contributed by atoms with Gasteiger partial charge < -0.3 is 19.1 Å². The second kappa shape index (κ2) is 8.13. The zero-order chi connectivity index (χ0) is 18.5. The molecule has 0 radical (unpaired) electrons. The Morgan fingerprint density at radius 2 is 1.88 bits per heavy atom. The van der Waals surface area contributed by atoms with Crippen LogP contribution in [0.25, 0.3) is 0 Å². The second-order valence-electron chi connectivity index (χ2n) is 6.32. The molecule has 26 heavy (non-hydrogen) atoms. The van der Waals surface area contributed by atoms with Gasteiger partial charge in [-0.1, -0.05) is 18.2 Å². The fourth-order valence-electron chi connectivity index (χ4n) is 3.27. The van der Waals surface area contributed by atoms with Gasteiger partial charge in [-0.2, -0.15) is 0 Å². The van der Waals surface area contributed by atoms with Gasteiger partial charge in [0.15, 0.2) is 11.5 Å². The molecule has 1 aliphatic rings. The highest BCUT2D eigenvalue weighted by molar-refractivity contribution is 5.98. The van der Waals surface area contributed by atoms with Crippen molar-refractivity contribution in [1.29, 1.82) is 0 Å². The molecule has 1 amide bonds. The van der Waals surface area contributed by atoms with Crippen molar-refractivity contribution in [3.05, 3.63) is 53.6 Å². The molecule has 2 aromatic rings. The van der Waals surface area contributed by atoms with Crippen molar-refractivity contribution in [3.8, 4) is 17.2 Å². The first-order valence-electron chi connectivity index (χ1n) is 8.96. The molecule has 1 heterocycles. The van der Waals surface area contributed by atoms with E-state index < -0.39 is 0 Å². The first-order chi connectivity index (χ1) is 12.6. The summed E-state index contributed by atoms with van der Waals surface area (Å²) < 4.78 is 16.5. The third-order valence-corrected chi connectivity index (χ3v) is 4.62. The maximum absolute atomic E-state index is 13.2. The summed E-state index contributed by atoms with van der Waals surface area (Å²) in [5, 5.41) is 0. The average Bonchev–Trinajstić information content (AvgIpc) is 2.68. The van der Waals surface area contributed by atoms with Crippen LogP contribution in [-0.4, -0.2) is 43.7 Å². The number of ether oxygens (including phenoxy) is 3. The molecule has 0 aliphatic carbocycles. The van der Waals surface area contributed by atoms with E-state index in [1.54, 1.807) is 13.2 Å². The molecule has 0 saturated carbocycles. The average molecular weight is 355 g/mol.